The van der Waals surface area contributed by atoms with Crippen LogP contribution in [-0.2, 0) is 9.53 Å². The molecule has 0 rings (SSSR count). The van der Waals surface area contributed by atoms with Crippen molar-refractivity contribution in [2.24, 2.45) is 5.41 Å². The zero-order valence-electron chi connectivity index (χ0n) is 12.7. The Morgan fingerprint density at radius 3 is 2.21 bits per heavy atom. The van der Waals surface area contributed by atoms with Crippen molar-refractivity contribution in [2.75, 3.05) is 20.3 Å². The predicted octanol–water partition coefficient (Wildman–Crippen LogP) is 1.55. The lowest BCUT2D eigenvalue weighted by Gasteiger charge is -2.33. The fourth-order valence-electron chi connectivity index (χ4n) is 1.84. The molecule has 0 aliphatic rings. The van der Waals surface area contributed by atoms with Crippen LogP contribution in [0.4, 0.5) is 4.79 Å². The lowest BCUT2D eigenvalue weighted by Crippen LogP contribution is -2.55. The molecule has 0 aliphatic heterocycles. The highest BCUT2D eigenvalue weighted by molar-refractivity contribution is 5.83. The van der Waals surface area contributed by atoms with Crippen LogP contribution in [0.2, 0.25) is 0 Å². The molecule has 2 N–H and O–H groups in total. The summed E-state index contributed by atoms with van der Waals surface area (Å²) in [4.78, 5) is 24.9. The number of carbonyl (C=O) groups excluding carboxylic acids is 1. The number of amides is 2. The molecule has 2 amide bonds. The average molecular weight is 274 g/mol. The van der Waals surface area contributed by atoms with Gasteiger partial charge in [0.2, 0.25) is 0 Å². The molecular weight excluding hydrogens is 248 g/mol. The van der Waals surface area contributed by atoms with Gasteiger partial charge in [0, 0.05) is 13.7 Å². The third-order valence-corrected chi connectivity index (χ3v) is 2.92. The normalized spacial score (nSPS) is 14.6. The minimum Gasteiger partial charge on any atom is -0.480 e. The van der Waals surface area contributed by atoms with Gasteiger partial charge in [0.1, 0.15) is 6.04 Å². The molecule has 0 heterocycles. The SMILES string of the molecule is CCN(C(=O)NC(C(=O)O)C(C)(C)C)C(C)COC. The summed E-state index contributed by atoms with van der Waals surface area (Å²) in [7, 11) is 1.57. The largest absolute Gasteiger partial charge is 0.480 e. The monoisotopic (exact) mass is 274 g/mol. The third-order valence-electron chi connectivity index (χ3n) is 2.92. The van der Waals surface area contributed by atoms with E-state index in [2.05, 4.69) is 5.32 Å². The second-order valence-corrected chi connectivity index (χ2v) is 5.68. The van der Waals surface area contributed by atoms with Crippen molar-refractivity contribution in [3.8, 4) is 0 Å². The van der Waals surface area contributed by atoms with E-state index in [0.29, 0.717) is 13.2 Å². The molecule has 0 bridgehead atoms. The van der Waals surface area contributed by atoms with Gasteiger partial charge in [0.05, 0.1) is 12.6 Å². The van der Waals surface area contributed by atoms with Crippen molar-refractivity contribution >= 4 is 12.0 Å². The molecule has 19 heavy (non-hydrogen) atoms. The van der Waals surface area contributed by atoms with Crippen LogP contribution in [0, 0.1) is 5.41 Å². The van der Waals surface area contributed by atoms with Crippen LogP contribution in [0.5, 0.6) is 0 Å². The maximum Gasteiger partial charge on any atom is 0.326 e. The summed E-state index contributed by atoms with van der Waals surface area (Å²) in [6, 6.07) is -1.41. The van der Waals surface area contributed by atoms with Gasteiger partial charge in [-0.05, 0) is 19.3 Å². The number of carboxylic acid groups (broad SMARTS) is 1. The summed E-state index contributed by atoms with van der Waals surface area (Å²) < 4.78 is 5.02. The quantitative estimate of drug-likeness (QED) is 0.770. The van der Waals surface area contributed by atoms with Crippen LogP contribution in [0.25, 0.3) is 0 Å². The van der Waals surface area contributed by atoms with E-state index >= 15 is 0 Å². The van der Waals surface area contributed by atoms with Crippen molar-refractivity contribution in [1.82, 2.24) is 10.2 Å². The molecule has 112 valence electrons. The fourth-order valence-corrected chi connectivity index (χ4v) is 1.84. The van der Waals surface area contributed by atoms with E-state index in [0.717, 1.165) is 0 Å². The molecule has 0 saturated carbocycles. The number of nitrogens with one attached hydrogen (secondary N) is 1. The number of nitrogens with zero attached hydrogens (tertiary/aromatic N) is 1. The summed E-state index contributed by atoms with van der Waals surface area (Å²) >= 11 is 0. The maximum atomic E-state index is 12.1. The molecule has 0 spiro atoms. The molecule has 0 aromatic heterocycles. The van der Waals surface area contributed by atoms with Gasteiger partial charge in [-0.1, -0.05) is 20.8 Å². The standard InChI is InChI=1S/C13H26N2O4/c1-7-15(9(2)8-19-6)12(18)14-10(11(16)17)13(3,4)5/h9-10H,7-8H2,1-6H3,(H,14,18)(H,16,17). The molecule has 0 aromatic rings. The van der Waals surface area contributed by atoms with Gasteiger partial charge in [-0.15, -0.1) is 0 Å². The number of methoxy groups -OCH3 is 1. The highest BCUT2D eigenvalue weighted by atomic mass is 16.5. The predicted molar refractivity (Wildman–Crippen MR) is 73.1 cm³/mol. The van der Waals surface area contributed by atoms with Crippen molar-refractivity contribution in [1.29, 1.82) is 0 Å². The number of carbonyl (C=O) groups is 2. The van der Waals surface area contributed by atoms with Gasteiger partial charge in [0.15, 0.2) is 0 Å². The highest BCUT2D eigenvalue weighted by Crippen LogP contribution is 2.19. The maximum absolute atomic E-state index is 12.1. The van der Waals surface area contributed by atoms with Crippen molar-refractivity contribution in [2.45, 2.75) is 46.7 Å². The van der Waals surface area contributed by atoms with E-state index in [-0.39, 0.29) is 12.1 Å². The lowest BCUT2D eigenvalue weighted by atomic mass is 9.87. The zero-order chi connectivity index (χ0) is 15.2. The molecular formula is C13H26N2O4. The van der Waals surface area contributed by atoms with Gasteiger partial charge in [-0.2, -0.15) is 0 Å². The van der Waals surface area contributed by atoms with E-state index in [1.54, 1.807) is 32.8 Å². The number of rotatable bonds is 6. The Morgan fingerprint density at radius 2 is 1.89 bits per heavy atom. The van der Waals surface area contributed by atoms with E-state index in [9.17, 15) is 14.7 Å². The summed E-state index contributed by atoms with van der Waals surface area (Å²) in [5.41, 5.74) is -0.550. The van der Waals surface area contributed by atoms with E-state index in [1.807, 2.05) is 13.8 Å². The van der Waals surface area contributed by atoms with Crippen LogP contribution >= 0.6 is 0 Å². The van der Waals surface area contributed by atoms with Crippen LogP contribution in [0.3, 0.4) is 0 Å². The van der Waals surface area contributed by atoms with Crippen LogP contribution in [-0.4, -0.2) is 54.4 Å². The summed E-state index contributed by atoms with van der Waals surface area (Å²) in [6.07, 6.45) is 0. The zero-order valence-corrected chi connectivity index (χ0v) is 12.7. The first-order chi connectivity index (χ1) is 8.65. The highest BCUT2D eigenvalue weighted by Gasteiger charge is 2.34. The number of likely N-dealkylation sites (N-methyl/N-ethyl adjacent to an activating group) is 1. The minimum absolute atomic E-state index is 0.107. The van der Waals surface area contributed by atoms with Crippen LogP contribution in [0.15, 0.2) is 0 Å². The molecule has 6 nitrogen and oxygen atoms in total. The molecule has 0 aliphatic carbocycles. The Labute approximate surface area is 115 Å². The number of urea groups is 1. The fraction of sp³-hybridized carbons (Fsp3) is 0.846. The molecule has 0 aromatic carbocycles. The molecule has 0 fully saturated rings. The summed E-state index contributed by atoms with van der Waals surface area (Å²) in [5.74, 6) is -1.03. The second-order valence-electron chi connectivity index (χ2n) is 5.68. The van der Waals surface area contributed by atoms with Gasteiger partial charge >= 0.3 is 12.0 Å². The molecule has 6 heteroatoms. The Morgan fingerprint density at radius 1 is 1.37 bits per heavy atom. The van der Waals surface area contributed by atoms with Gasteiger partial charge in [0.25, 0.3) is 0 Å². The lowest BCUT2D eigenvalue weighted by molar-refractivity contribution is -0.142. The van der Waals surface area contributed by atoms with E-state index < -0.39 is 17.4 Å². The smallest absolute Gasteiger partial charge is 0.326 e. The molecule has 0 saturated heterocycles. The molecule has 0 radical (unpaired) electrons. The Balaban J connectivity index is 4.84. The van der Waals surface area contributed by atoms with Crippen molar-refractivity contribution in [3.63, 3.8) is 0 Å². The average Bonchev–Trinajstić information content (AvgIpc) is 2.25. The topological polar surface area (TPSA) is 78.9 Å². The van der Waals surface area contributed by atoms with Crippen molar-refractivity contribution in [3.05, 3.63) is 0 Å². The number of ether oxygens (including phenoxy) is 1. The molecule has 2 atom stereocenters. The Hall–Kier alpha value is -1.30. The Kier molecular flexibility index (Phi) is 6.83. The number of aliphatic carboxylic acids is 1. The first-order valence-electron chi connectivity index (χ1n) is 6.44. The summed E-state index contributed by atoms with van der Waals surface area (Å²) in [5, 5.41) is 11.8. The minimum atomic E-state index is -1.03. The first-order valence-corrected chi connectivity index (χ1v) is 6.44. The van der Waals surface area contributed by atoms with Crippen molar-refractivity contribution < 1.29 is 19.4 Å². The Bertz CT molecular complexity index is 312. The number of hydrogen-bond donors (Lipinski definition) is 2. The van der Waals surface area contributed by atoms with Crippen LogP contribution in [0.1, 0.15) is 34.6 Å². The number of carboxylic acids is 1. The second kappa shape index (κ2) is 7.33. The first kappa shape index (κ1) is 17.7. The van der Waals surface area contributed by atoms with E-state index in [1.165, 1.54) is 0 Å². The van der Waals surface area contributed by atoms with E-state index in [4.69, 9.17) is 4.74 Å². The number of hydrogen-bond acceptors (Lipinski definition) is 3. The van der Waals surface area contributed by atoms with Gasteiger partial charge in [-0.3, -0.25) is 0 Å². The van der Waals surface area contributed by atoms with Gasteiger partial charge in [-0.25, -0.2) is 9.59 Å². The summed E-state index contributed by atoms with van der Waals surface area (Å²) in [6.45, 7) is 9.95. The van der Waals surface area contributed by atoms with Crippen LogP contribution < -0.4 is 5.32 Å². The third kappa shape index (κ3) is 5.46. The van der Waals surface area contributed by atoms with Gasteiger partial charge < -0.3 is 20.1 Å². The molecule has 2 unspecified atom stereocenters.